The second-order valence-electron chi connectivity index (χ2n) is 10.2. The number of halogens is 6. The van der Waals surface area contributed by atoms with Gasteiger partial charge in [-0.1, -0.05) is 49.4 Å². The molecule has 254 valence electrons. The quantitative estimate of drug-likeness (QED) is 0.0936. The van der Waals surface area contributed by atoms with Crippen molar-refractivity contribution >= 4 is 12.4 Å². The summed E-state index contributed by atoms with van der Waals surface area (Å²) in [5.41, 5.74) is 2.07. The number of aldehydes is 1. The third-order valence-electron chi connectivity index (χ3n) is 6.86. The molecule has 2 aromatic carbocycles. The monoisotopic (exact) mass is 668 g/mol. The summed E-state index contributed by atoms with van der Waals surface area (Å²) < 4.78 is 98.9. The molecule has 2 aliphatic rings. The topological polar surface area (TPSA) is 96.8 Å². The molecule has 0 aliphatic heterocycles. The Morgan fingerprint density at radius 3 is 1.72 bits per heavy atom. The van der Waals surface area contributed by atoms with E-state index in [0.29, 0.717) is 34.6 Å². The molecule has 0 spiro atoms. The van der Waals surface area contributed by atoms with Crippen molar-refractivity contribution in [2.75, 3.05) is 7.11 Å². The lowest BCUT2D eigenvalue weighted by Crippen LogP contribution is -2.17. The van der Waals surface area contributed by atoms with Crippen LogP contribution in [0.4, 0.5) is 26.3 Å². The minimum atomic E-state index is -4.80. The standard InChI is InChI=1S/C16H14F3NO3.C15H12F3NO3.2CH4/c1-21-9-8-12-14(20-23-15(12)10-6-7-10)11-4-2-3-5-13(11)22-16(17,18)19;16-15(17,18)21-12-4-2-1-3-10(12)13-11(7-8-20)14(22-19-13)9-5-6-9;;/h2-5,8-10H,6-7H2,1H3;1-4,8-9H,5-7H2;2*1H4/b9-8+;;;. The van der Waals surface area contributed by atoms with Crippen LogP contribution in [-0.4, -0.2) is 36.4 Å². The first kappa shape index (κ1) is 36.7. The summed E-state index contributed by atoms with van der Waals surface area (Å²) in [6.07, 6.45) is -1.94. The van der Waals surface area contributed by atoms with Crippen molar-refractivity contribution in [3.05, 3.63) is 77.4 Å². The van der Waals surface area contributed by atoms with Crippen LogP contribution in [0.2, 0.25) is 0 Å². The third-order valence-corrected chi connectivity index (χ3v) is 6.86. The molecule has 0 radical (unpaired) electrons. The maximum Gasteiger partial charge on any atom is 0.573 e. The van der Waals surface area contributed by atoms with Crippen molar-refractivity contribution in [3.63, 3.8) is 0 Å². The van der Waals surface area contributed by atoms with Gasteiger partial charge in [0.05, 0.1) is 13.4 Å². The second-order valence-corrected chi connectivity index (χ2v) is 10.2. The number of nitrogens with zero attached hydrogens (tertiary/aromatic N) is 2. The van der Waals surface area contributed by atoms with Crippen LogP contribution < -0.4 is 9.47 Å². The Kier molecular flexibility index (Phi) is 11.9. The highest BCUT2D eigenvalue weighted by Crippen LogP contribution is 2.47. The van der Waals surface area contributed by atoms with E-state index in [9.17, 15) is 31.1 Å². The van der Waals surface area contributed by atoms with Crippen LogP contribution in [-0.2, 0) is 16.0 Å². The number of benzene rings is 2. The number of ether oxygens (including phenoxy) is 3. The van der Waals surface area contributed by atoms with Crippen LogP contribution in [0.1, 0.15) is 75.0 Å². The zero-order chi connectivity index (χ0) is 32.2. The van der Waals surface area contributed by atoms with Crippen LogP contribution in [0.3, 0.4) is 0 Å². The molecule has 14 heteroatoms. The Morgan fingerprint density at radius 1 is 0.766 bits per heavy atom. The number of carbonyl (C=O) groups excluding carboxylic acids is 1. The number of alkyl halides is 6. The van der Waals surface area contributed by atoms with E-state index in [4.69, 9.17) is 13.8 Å². The molecule has 2 heterocycles. The normalized spacial score (nSPS) is 14.4. The molecule has 2 saturated carbocycles. The molecule has 0 N–H and O–H groups in total. The van der Waals surface area contributed by atoms with Crippen molar-refractivity contribution in [3.8, 4) is 34.0 Å². The minimum Gasteiger partial charge on any atom is -0.504 e. The summed E-state index contributed by atoms with van der Waals surface area (Å²) >= 11 is 0. The lowest BCUT2D eigenvalue weighted by molar-refractivity contribution is -0.275. The predicted molar refractivity (Wildman–Crippen MR) is 160 cm³/mol. The van der Waals surface area contributed by atoms with Gasteiger partial charge >= 0.3 is 12.7 Å². The van der Waals surface area contributed by atoms with E-state index in [1.54, 1.807) is 18.2 Å². The molecule has 0 saturated heterocycles. The summed E-state index contributed by atoms with van der Waals surface area (Å²) in [4.78, 5) is 10.9. The van der Waals surface area contributed by atoms with E-state index in [0.717, 1.165) is 25.7 Å². The first-order valence-electron chi connectivity index (χ1n) is 13.8. The van der Waals surface area contributed by atoms with Gasteiger partial charge in [-0.3, -0.25) is 0 Å². The van der Waals surface area contributed by atoms with Gasteiger partial charge in [0.15, 0.2) is 0 Å². The Hall–Kier alpha value is -4.75. The SMILES string of the molecule is C.C.CO/C=C/c1c(-c2ccccc2OC(F)(F)F)noc1C1CC1.O=CCc1c(-c2ccccc2OC(F)(F)F)noc1C1CC1. The fourth-order valence-corrected chi connectivity index (χ4v) is 4.67. The summed E-state index contributed by atoms with van der Waals surface area (Å²) in [6, 6.07) is 11.5. The zero-order valence-electron chi connectivity index (χ0n) is 23.7. The van der Waals surface area contributed by atoms with Crippen molar-refractivity contribution in [2.45, 2.75) is 71.5 Å². The molecule has 6 rings (SSSR count). The van der Waals surface area contributed by atoms with Crippen LogP contribution in [0, 0.1) is 0 Å². The summed E-state index contributed by atoms with van der Waals surface area (Å²) in [5, 5.41) is 7.84. The molecule has 0 amide bonds. The number of rotatable bonds is 10. The van der Waals surface area contributed by atoms with Crippen LogP contribution in [0.15, 0.2) is 63.8 Å². The van der Waals surface area contributed by atoms with E-state index in [2.05, 4.69) is 19.8 Å². The zero-order valence-corrected chi connectivity index (χ0v) is 23.7. The van der Waals surface area contributed by atoms with Gasteiger partial charge < -0.3 is 28.1 Å². The largest absolute Gasteiger partial charge is 0.573 e. The van der Waals surface area contributed by atoms with Gasteiger partial charge in [-0.25, -0.2) is 0 Å². The highest BCUT2D eigenvalue weighted by Gasteiger charge is 2.36. The van der Waals surface area contributed by atoms with Gasteiger partial charge in [0, 0.05) is 40.5 Å². The molecule has 8 nitrogen and oxygen atoms in total. The fourth-order valence-electron chi connectivity index (χ4n) is 4.67. The Morgan fingerprint density at radius 2 is 1.23 bits per heavy atom. The van der Waals surface area contributed by atoms with Crippen LogP contribution in [0.25, 0.3) is 28.6 Å². The Labute approximate surface area is 267 Å². The molecular weight excluding hydrogens is 634 g/mol. The lowest BCUT2D eigenvalue weighted by atomic mass is 10.0. The van der Waals surface area contributed by atoms with Gasteiger partial charge in [-0.15, -0.1) is 26.3 Å². The minimum absolute atomic E-state index is 0. The molecule has 4 aromatic rings. The number of hydrogen-bond donors (Lipinski definition) is 0. The average Bonchev–Trinajstić information content (AvgIpc) is 3.92. The molecular formula is C33H34F6N2O6. The summed E-state index contributed by atoms with van der Waals surface area (Å²) in [6.45, 7) is 0. The summed E-state index contributed by atoms with van der Waals surface area (Å²) in [5.74, 6) is 1.02. The molecule has 0 atom stereocenters. The molecule has 0 unspecified atom stereocenters. The third kappa shape index (κ3) is 9.39. The predicted octanol–water partition coefficient (Wildman–Crippen LogP) is 9.87. The van der Waals surface area contributed by atoms with Crippen molar-refractivity contribution in [1.82, 2.24) is 10.3 Å². The smallest absolute Gasteiger partial charge is 0.504 e. The lowest BCUT2D eigenvalue weighted by Gasteiger charge is -2.12. The van der Waals surface area contributed by atoms with Gasteiger partial charge in [0.2, 0.25) is 0 Å². The highest BCUT2D eigenvalue weighted by molar-refractivity contribution is 5.77. The Balaban J connectivity index is 0.000000245. The molecule has 0 bridgehead atoms. The van der Waals surface area contributed by atoms with E-state index >= 15 is 0 Å². The van der Waals surface area contributed by atoms with Crippen molar-refractivity contribution in [1.29, 1.82) is 0 Å². The number of para-hydroxylation sites is 2. The first-order valence-corrected chi connectivity index (χ1v) is 13.8. The number of carbonyl (C=O) groups is 1. The first-order chi connectivity index (χ1) is 21.5. The highest BCUT2D eigenvalue weighted by atomic mass is 19.4. The Bertz CT molecular complexity index is 1650. The molecule has 2 aliphatic carbocycles. The summed E-state index contributed by atoms with van der Waals surface area (Å²) in [7, 11) is 1.49. The second kappa shape index (κ2) is 15.2. The molecule has 2 fully saturated rings. The number of aromatic nitrogens is 2. The van der Waals surface area contributed by atoms with E-state index in [-0.39, 0.29) is 61.4 Å². The van der Waals surface area contributed by atoms with E-state index < -0.39 is 12.7 Å². The average molecular weight is 669 g/mol. The van der Waals surface area contributed by atoms with Gasteiger partial charge in [-0.05, 0) is 56.0 Å². The maximum absolute atomic E-state index is 12.6. The van der Waals surface area contributed by atoms with Gasteiger partial charge in [0.1, 0.15) is 40.7 Å². The maximum atomic E-state index is 12.6. The van der Waals surface area contributed by atoms with Gasteiger partial charge in [-0.2, -0.15) is 0 Å². The van der Waals surface area contributed by atoms with Crippen molar-refractivity contribution in [2.24, 2.45) is 0 Å². The van der Waals surface area contributed by atoms with Gasteiger partial charge in [0.25, 0.3) is 0 Å². The number of methoxy groups -OCH3 is 1. The molecule has 47 heavy (non-hydrogen) atoms. The molecule has 2 aromatic heterocycles. The van der Waals surface area contributed by atoms with Crippen LogP contribution >= 0.6 is 0 Å². The van der Waals surface area contributed by atoms with Crippen LogP contribution in [0.5, 0.6) is 11.5 Å². The number of hydrogen-bond acceptors (Lipinski definition) is 8. The van der Waals surface area contributed by atoms with E-state index in [1.807, 2.05) is 0 Å². The van der Waals surface area contributed by atoms with Crippen molar-refractivity contribution < 1.29 is 54.4 Å². The van der Waals surface area contributed by atoms with E-state index in [1.165, 1.54) is 49.8 Å². The fraction of sp³-hybridized carbons (Fsp3) is 0.364.